The molecule has 1 amide bonds. The molecule has 0 bridgehead atoms. The van der Waals surface area contributed by atoms with Crippen molar-refractivity contribution in [2.45, 2.75) is 70.4 Å². The Morgan fingerprint density at radius 2 is 1.92 bits per heavy atom. The number of H-pyrrole nitrogens is 1. The Morgan fingerprint density at radius 1 is 1.28 bits per heavy atom. The van der Waals surface area contributed by atoms with Gasteiger partial charge in [0, 0.05) is 11.8 Å². The van der Waals surface area contributed by atoms with Crippen LogP contribution in [0.3, 0.4) is 0 Å². The minimum atomic E-state index is -1.28. The summed E-state index contributed by atoms with van der Waals surface area (Å²) in [5.41, 5.74) is -1.48. The van der Waals surface area contributed by atoms with Crippen molar-refractivity contribution in [3.05, 3.63) is 32.6 Å². The minimum absolute atomic E-state index is 0.329. The number of amides is 1. The predicted octanol–water partition coefficient (Wildman–Crippen LogP) is -0.205. The van der Waals surface area contributed by atoms with E-state index in [0.717, 1.165) is 0 Å². The number of nitrogens with one attached hydrogen (secondary N) is 2. The van der Waals surface area contributed by atoms with Gasteiger partial charge in [-0.25, -0.2) is 9.59 Å². The minimum Gasteiger partial charge on any atom is -0.444 e. The van der Waals surface area contributed by atoms with Crippen LogP contribution >= 0.6 is 0 Å². The first kappa shape index (κ1) is 19.2. The highest BCUT2D eigenvalue weighted by atomic mass is 16.6. The average Bonchev–Trinajstić information content (AvgIpc) is 2.46. The van der Waals surface area contributed by atoms with Crippen LogP contribution in [-0.2, 0) is 4.74 Å². The smallest absolute Gasteiger partial charge is 0.407 e. The molecular formula is C16H25N3O6. The largest absolute Gasteiger partial charge is 0.444 e. The Morgan fingerprint density at radius 3 is 2.52 bits per heavy atom. The fourth-order valence-electron chi connectivity index (χ4n) is 2.91. The van der Waals surface area contributed by atoms with Crippen molar-refractivity contribution in [3.63, 3.8) is 0 Å². The molecule has 1 saturated carbocycles. The highest BCUT2D eigenvalue weighted by molar-refractivity contribution is 5.68. The van der Waals surface area contributed by atoms with Crippen LogP contribution in [0.2, 0.25) is 0 Å². The summed E-state index contributed by atoms with van der Waals surface area (Å²) in [6.45, 7) is 6.71. The van der Waals surface area contributed by atoms with E-state index in [1.54, 1.807) is 27.7 Å². The molecular weight excluding hydrogens is 330 g/mol. The van der Waals surface area contributed by atoms with E-state index in [1.165, 1.54) is 10.8 Å². The Bertz CT molecular complexity index is 747. The van der Waals surface area contributed by atoms with Crippen LogP contribution in [0.15, 0.2) is 15.8 Å². The van der Waals surface area contributed by atoms with Crippen LogP contribution < -0.4 is 16.6 Å². The van der Waals surface area contributed by atoms with Crippen molar-refractivity contribution in [1.82, 2.24) is 14.9 Å². The van der Waals surface area contributed by atoms with E-state index in [9.17, 15) is 24.6 Å². The van der Waals surface area contributed by atoms with Crippen molar-refractivity contribution in [1.29, 1.82) is 0 Å². The maximum atomic E-state index is 12.0. The van der Waals surface area contributed by atoms with Gasteiger partial charge in [-0.15, -0.1) is 0 Å². The van der Waals surface area contributed by atoms with Gasteiger partial charge in [0.2, 0.25) is 0 Å². The molecule has 0 spiro atoms. The second kappa shape index (κ2) is 7.01. The van der Waals surface area contributed by atoms with Gasteiger partial charge in [-0.2, -0.15) is 0 Å². The van der Waals surface area contributed by atoms with Crippen molar-refractivity contribution >= 4 is 6.09 Å². The molecule has 1 aliphatic carbocycles. The van der Waals surface area contributed by atoms with E-state index in [4.69, 9.17) is 4.74 Å². The van der Waals surface area contributed by atoms with Crippen LogP contribution in [0.4, 0.5) is 4.79 Å². The van der Waals surface area contributed by atoms with Crippen molar-refractivity contribution in [3.8, 4) is 0 Å². The molecule has 0 unspecified atom stereocenters. The summed E-state index contributed by atoms with van der Waals surface area (Å²) in [5.74, 6) is 0. The van der Waals surface area contributed by atoms with E-state index >= 15 is 0 Å². The molecule has 25 heavy (non-hydrogen) atoms. The molecule has 0 radical (unpaired) electrons. The van der Waals surface area contributed by atoms with E-state index in [-0.39, 0.29) is 0 Å². The zero-order chi connectivity index (χ0) is 18.9. The van der Waals surface area contributed by atoms with Crippen molar-refractivity contribution in [2.75, 3.05) is 0 Å². The van der Waals surface area contributed by atoms with Gasteiger partial charge in [0.25, 0.3) is 5.56 Å². The number of carbonyl (C=O) groups excluding carboxylic acids is 1. The molecule has 4 N–H and O–H groups in total. The Balaban J connectivity index is 2.13. The van der Waals surface area contributed by atoms with Gasteiger partial charge < -0.3 is 20.3 Å². The summed E-state index contributed by atoms with van der Waals surface area (Å²) in [6.07, 6.45) is -1.19. The third-order valence-corrected chi connectivity index (χ3v) is 4.14. The second-order valence-electron chi connectivity index (χ2n) is 7.36. The van der Waals surface area contributed by atoms with Crippen LogP contribution in [0.1, 0.15) is 45.2 Å². The monoisotopic (exact) mass is 355 g/mol. The first-order chi connectivity index (χ1) is 11.5. The molecule has 1 aliphatic rings. The summed E-state index contributed by atoms with van der Waals surface area (Å²) in [6, 6.07) is -1.39. The fraction of sp³-hybridized carbons (Fsp3) is 0.688. The third kappa shape index (κ3) is 4.49. The molecule has 1 aromatic rings. The number of aliphatic hydroxyl groups excluding tert-OH is 2. The summed E-state index contributed by atoms with van der Waals surface area (Å²) >= 11 is 0. The summed E-state index contributed by atoms with van der Waals surface area (Å²) in [5, 5.41) is 23.3. The van der Waals surface area contributed by atoms with E-state index in [2.05, 4.69) is 10.3 Å². The highest BCUT2D eigenvalue weighted by Crippen LogP contribution is 2.28. The molecule has 1 fully saturated rings. The molecule has 1 heterocycles. The molecule has 2 rings (SSSR count). The number of hydrogen-bond donors (Lipinski definition) is 4. The molecule has 9 heteroatoms. The molecule has 140 valence electrons. The third-order valence-electron chi connectivity index (χ3n) is 4.14. The highest BCUT2D eigenvalue weighted by Gasteiger charge is 2.40. The standard InChI is InChI=1S/C16H25N3O6/c1-8-7-19(14(23)18-13(8)22)10-6-5-9(11(20)12(10)21)17-15(24)25-16(2,3)4/h7,9-12,20-21H,5-6H2,1-4H3,(H,17,24)(H,18,22,23)/t9-,10-,11-,12+/m1/s1. The van der Waals surface area contributed by atoms with Crippen molar-refractivity contribution in [2.24, 2.45) is 0 Å². The number of aromatic nitrogens is 2. The number of nitrogens with zero attached hydrogens (tertiary/aromatic N) is 1. The van der Waals surface area contributed by atoms with E-state index in [1.807, 2.05) is 0 Å². The quantitative estimate of drug-likeness (QED) is 0.580. The number of alkyl carbamates (subject to hydrolysis) is 1. The van der Waals surface area contributed by atoms with Gasteiger partial charge in [-0.3, -0.25) is 14.3 Å². The normalized spacial score (nSPS) is 27.0. The van der Waals surface area contributed by atoms with Gasteiger partial charge in [-0.05, 0) is 40.5 Å². The summed E-state index contributed by atoms with van der Waals surface area (Å²) < 4.78 is 6.36. The van der Waals surface area contributed by atoms with Crippen LogP contribution in [0.5, 0.6) is 0 Å². The number of aromatic amines is 1. The Kier molecular flexibility index (Phi) is 5.38. The van der Waals surface area contributed by atoms with Crippen LogP contribution in [-0.4, -0.2) is 49.7 Å². The number of aliphatic hydroxyl groups is 2. The lowest BCUT2D eigenvalue weighted by Crippen LogP contribution is -2.56. The zero-order valence-corrected chi connectivity index (χ0v) is 14.8. The molecule has 9 nitrogen and oxygen atoms in total. The lowest BCUT2D eigenvalue weighted by atomic mass is 9.86. The maximum Gasteiger partial charge on any atom is 0.407 e. The molecule has 0 saturated heterocycles. The van der Waals surface area contributed by atoms with Gasteiger partial charge >= 0.3 is 11.8 Å². The number of rotatable bonds is 2. The Labute approximate surface area is 144 Å². The number of carbonyl (C=O) groups is 1. The maximum absolute atomic E-state index is 12.0. The van der Waals surface area contributed by atoms with Gasteiger partial charge in [-0.1, -0.05) is 0 Å². The molecule has 1 aromatic heterocycles. The van der Waals surface area contributed by atoms with E-state index in [0.29, 0.717) is 18.4 Å². The van der Waals surface area contributed by atoms with E-state index < -0.39 is 47.2 Å². The van der Waals surface area contributed by atoms with Gasteiger partial charge in [0.15, 0.2) is 0 Å². The number of aryl methyl sites for hydroxylation is 1. The van der Waals surface area contributed by atoms with Crippen molar-refractivity contribution < 1.29 is 19.7 Å². The van der Waals surface area contributed by atoms with Gasteiger partial charge in [0.1, 0.15) is 17.8 Å². The average molecular weight is 355 g/mol. The summed E-state index contributed by atoms with van der Waals surface area (Å²) in [7, 11) is 0. The van der Waals surface area contributed by atoms with Crippen LogP contribution in [0, 0.1) is 6.92 Å². The SMILES string of the molecule is Cc1cn([C@@H]2CC[C@@H](NC(=O)OC(C)(C)C)[C@@H](O)[C@H]2O)c(=O)[nH]c1=O. The number of hydrogen-bond acceptors (Lipinski definition) is 6. The fourth-order valence-corrected chi connectivity index (χ4v) is 2.91. The first-order valence-corrected chi connectivity index (χ1v) is 8.17. The molecule has 0 aromatic carbocycles. The van der Waals surface area contributed by atoms with Crippen LogP contribution in [0.25, 0.3) is 0 Å². The topological polar surface area (TPSA) is 134 Å². The summed E-state index contributed by atoms with van der Waals surface area (Å²) in [4.78, 5) is 37.5. The van der Waals surface area contributed by atoms with Gasteiger partial charge in [0.05, 0.1) is 12.1 Å². The second-order valence-corrected chi connectivity index (χ2v) is 7.36. The molecule has 0 aliphatic heterocycles. The molecule has 4 atom stereocenters. The zero-order valence-electron chi connectivity index (χ0n) is 14.8. The first-order valence-electron chi connectivity index (χ1n) is 8.17. The Hall–Kier alpha value is -2.13. The predicted molar refractivity (Wildman–Crippen MR) is 89.5 cm³/mol. The lowest BCUT2D eigenvalue weighted by Gasteiger charge is -2.38. The number of ether oxygens (including phenoxy) is 1. The lowest BCUT2D eigenvalue weighted by molar-refractivity contribution is -0.0598.